The fourth-order valence-corrected chi connectivity index (χ4v) is 5.27. The Balaban J connectivity index is 1.58. The maximum absolute atomic E-state index is 13.8. The molecule has 1 amide bonds. The molecule has 1 N–H and O–H groups in total. The minimum Gasteiger partial charge on any atom is -0.465 e. The molecule has 0 unspecified atom stereocenters. The van der Waals surface area contributed by atoms with Gasteiger partial charge in [-0.1, -0.05) is 0 Å². The normalized spacial score (nSPS) is 21.8. The number of pyridine rings is 1. The van der Waals surface area contributed by atoms with Crippen LogP contribution in [0.1, 0.15) is 33.7 Å². The molecule has 7 nitrogen and oxygen atoms in total. The number of aromatic nitrogens is 3. The van der Waals surface area contributed by atoms with Gasteiger partial charge in [0.1, 0.15) is 11.5 Å². The topological polar surface area (TPSA) is 88.3 Å². The smallest absolute Gasteiger partial charge is 0.416 e. The predicted molar refractivity (Wildman–Crippen MR) is 115 cm³/mol. The van der Waals surface area contributed by atoms with Crippen LogP contribution in [0.15, 0.2) is 48.8 Å². The molecule has 1 fully saturated rings. The minimum absolute atomic E-state index is 0.106. The molecule has 11 heteroatoms. The molecule has 1 saturated heterocycles. The Kier molecular flexibility index (Phi) is 5.37. The van der Waals surface area contributed by atoms with E-state index in [0.29, 0.717) is 24.1 Å². The lowest BCUT2D eigenvalue weighted by Gasteiger charge is -2.48. The van der Waals surface area contributed by atoms with E-state index in [1.54, 1.807) is 23.0 Å². The average molecular weight is 488 g/mol. The Bertz CT molecular complexity index is 1300. The first-order chi connectivity index (χ1) is 16.6. The number of nitrogens with zero attached hydrogens (tertiary/aromatic N) is 4. The van der Waals surface area contributed by atoms with Crippen molar-refractivity contribution in [1.82, 2.24) is 19.7 Å². The summed E-state index contributed by atoms with van der Waals surface area (Å²) in [6.07, 6.45) is -2.50. The van der Waals surface area contributed by atoms with Gasteiger partial charge < -0.3 is 10.0 Å². The molecule has 35 heavy (non-hydrogen) atoms. The van der Waals surface area contributed by atoms with Crippen molar-refractivity contribution >= 4 is 11.9 Å². The summed E-state index contributed by atoms with van der Waals surface area (Å²) in [5.41, 5.74) is -0.475. The molecule has 5 rings (SSSR count). The third kappa shape index (κ3) is 3.94. The van der Waals surface area contributed by atoms with Crippen molar-refractivity contribution < 1.29 is 32.3 Å². The van der Waals surface area contributed by atoms with Gasteiger partial charge in [-0.25, -0.2) is 13.9 Å². The molecule has 3 heterocycles. The van der Waals surface area contributed by atoms with Gasteiger partial charge in [0, 0.05) is 25.0 Å². The van der Waals surface area contributed by atoms with Gasteiger partial charge in [0.25, 0.3) is 0 Å². The number of carbonyl (C=O) groups is 2. The van der Waals surface area contributed by atoms with E-state index < -0.39 is 34.8 Å². The Morgan fingerprint density at radius 3 is 2.57 bits per heavy atom. The van der Waals surface area contributed by atoms with E-state index in [0.717, 1.165) is 28.9 Å². The Morgan fingerprint density at radius 2 is 1.89 bits per heavy atom. The summed E-state index contributed by atoms with van der Waals surface area (Å²) in [5.74, 6) is -1.35. The zero-order valence-corrected chi connectivity index (χ0v) is 18.3. The summed E-state index contributed by atoms with van der Waals surface area (Å²) in [5, 5.41) is 14.0. The number of hydrogen-bond donors (Lipinski definition) is 1. The van der Waals surface area contributed by atoms with Crippen LogP contribution >= 0.6 is 0 Å². The SMILES string of the molecule is O=C(O)N1CC[C@H]2Cc3c(cnn3-c3ccc(F)cc3)C[C@]2(C(=O)c2cc(C(F)(F)F)ccn2)C1. The summed E-state index contributed by atoms with van der Waals surface area (Å²) in [6.45, 7) is 0.0516. The molecule has 2 atom stereocenters. The van der Waals surface area contributed by atoms with Gasteiger partial charge in [-0.2, -0.15) is 18.3 Å². The fraction of sp³-hybridized carbons (Fsp3) is 0.333. The highest BCUT2D eigenvalue weighted by atomic mass is 19.4. The first-order valence-corrected chi connectivity index (χ1v) is 11.0. The van der Waals surface area contributed by atoms with E-state index in [1.165, 1.54) is 12.1 Å². The number of fused-ring (bicyclic) bond motifs is 2. The van der Waals surface area contributed by atoms with E-state index in [1.807, 2.05) is 0 Å². The molecule has 1 aliphatic heterocycles. The monoisotopic (exact) mass is 488 g/mol. The summed E-state index contributed by atoms with van der Waals surface area (Å²) >= 11 is 0. The number of carboxylic acid groups (broad SMARTS) is 1. The highest BCUT2D eigenvalue weighted by molar-refractivity contribution is 6.00. The van der Waals surface area contributed by atoms with Crippen LogP contribution in [0.25, 0.3) is 5.69 Å². The van der Waals surface area contributed by atoms with Gasteiger partial charge in [0.15, 0.2) is 5.78 Å². The molecule has 182 valence electrons. The Labute approximate surface area is 197 Å². The number of piperidine rings is 1. The van der Waals surface area contributed by atoms with Crippen LogP contribution in [0.4, 0.5) is 22.4 Å². The van der Waals surface area contributed by atoms with E-state index in [4.69, 9.17) is 0 Å². The van der Waals surface area contributed by atoms with Crippen molar-refractivity contribution in [3.05, 3.63) is 77.1 Å². The molecule has 0 spiro atoms. The Hall–Kier alpha value is -3.76. The van der Waals surface area contributed by atoms with Crippen molar-refractivity contribution in [2.24, 2.45) is 11.3 Å². The fourth-order valence-electron chi connectivity index (χ4n) is 5.27. The zero-order valence-electron chi connectivity index (χ0n) is 18.3. The molecular formula is C24H20F4N4O3. The molecule has 1 aromatic carbocycles. The van der Waals surface area contributed by atoms with Gasteiger partial charge in [-0.3, -0.25) is 9.78 Å². The van der Waals surface area contributed by atoms with Crippen LogP contribution in [-0.4, -0.2) is 49.7 Å². The number of halogens is 4. The van der Waals surface area contributed by atoms with E-state index in [9.17, 15) is 32.3 Å². The van der Waals surface area contributed by atoms with Crippen LogP contribution in [0.3, 0.4) is 0 Å². The van der Waals surface area contributed by atoms with Crippen LogP contribution in [0.2, 0.25) is 0 Å². The number of amides is 1. The third-order valence-electron chi connectivity index (χ3n) is 7.02. The van der Waals surface area contributed by atoms with Gasteiger partial charge in [0.2, 0.25) is 0 Å². The van der Waals surface area contributed by atoms with Crippen LogP contribution in [0.5, 0.6) is 0 Å². The van der Waals surface area contributed by atoms with Crippen LogP contribution in [0, 0.1) is 17.2 Å². The second-order valence-corrected chi connectivity index (χ2v) is 8.99. The lowest BCUT2D eigenvalue weighted by Crippen LogP contribution is -2.57. The number of ketones is 1. The lowest BCUT2D eigenvalue weighted by molar-refractivity contribution is -0.137. The number of rotatable bonds is 3. The number of alkyl halides is 3. The molecule has 1 aliphatic carbocycles. The number of hydrogen-bond acceptors (Lipinski definition) is 4. The molecule has 0 bridgehead atoms. The van der Waals surface area contributed by atoms with Crippen molar-refractivity contribution in [2.75, 3.05) is 13.1 Å². The highest BCUT2D eigenvalue weighted by Gasteiger charge is 2.54. The largest absolute Gasteiger partial charge is 0.465 e. The summed E-state index contributed by atoms with van der Waals surface area (Å²) < 4.78 is 55.0. The van der Waals surface area contributed by atoms with Gasteiger partial charge in [-0.05, 0) is 67.1 Å². The minimum atomic E-state index is -4.65. The second-order valence-electron chi connectivity index (χ2n) is 8.99. The van der Waals surface area contributed by atoms with Crippen molar-refractivity contribution in [1.29, 1.82) is 0 Å². The van der Waals surface area contributed by atoms with Crippen LogP contribution < -0.4 is 0 Å². The second kappa shape index (κ2) is 8.17. The summed E-state index contributed by atoms with van der Waals surface area (Å²) in [6, 6.07) is 7.30. The third-order valence-corrected chi connectivity index (χ3v) is 7.02. The van der Waals surface area contributed by atoms with E-state index >= 15 is 0 Å². The first kappa shape index (κ1) is 23.0. The zero-order chi connectivity index (χ0) is 25.0. The maximum Gasteiger partial charge on any atom is 0.416 e. The number of benzene rings is 1. The van der Waals surface area contributed by atoms with E-state index in [-0.39, 0.29) is 31.1 Å². The van der Waals surface area contributed by atoms with Gasteiger partial charge in [0.05, 0.1) is 22.9 Å². The average Bonchev–Trinajstić information content (AvgIpc) is 3.24. The molecule has 0 saturated carbocycles. The van der Waals surface area contributed by atoms with Gasteiger partial charge in [-0.15, -0.1) is 0 Å². The standard InChI is InChI=1S/C24H20F4N4O3/c25-17-1-3-18(4-2-17)32-20-10-15-6-8-31(22(34)35)13-23(15,11-14(20)12-30-32)21(33)19-9-16(5-7-29-19)24(26,27)28/h1-5,7,9,12,15H,6,8,10-11,13H2,(H,34,35)/t15-,23-/m0/s1. The first-order valence-electron chi connectivity index (χ1n) is 11.0. The maximum atomic E-state index is 13.8. The highest BCUT2D eigenvalue weighted by Crippen LogP contribution is 2.47. The number of Topliss-reactive ketones (excluding diaryl/α,β-unsaturated/α-hetero) is 1. The molecule has 3 aromatic rings. The molecule has 0 radical (unpaired) electrons. The summed E-state index contributed by atoms with van der Waals surface area (Å²) in [7, 11) is 0. The predicted octanol–water partition coefficient (Wildman–Crippen LogP) is 4.39. The lowest BCUT2D eigenvalue weighted by atomic mass is 9.60. The van der Waals surface area contributed by atoms with Gasteiger partial charge >= 0.3 is 12.3 Å². The Morgan fingerprint density at radius 1 is 1.14 bits per heavy atom. The summed E-state index contributed by atoms with van der Waals surface area (Å²) in [4.78, 5) is 30.7. The molecule has 2 aromatic heterocycles. The number of likely N-dealkylation sites (tertiary alicyclic amines) is 1. The van der Waals surface area contributed by atoms with Crippen molar-refractivity contribution in [3.8, 4) is 5.69 Å². The van der Waals surface area contributed by atoms with E-state index in [2.05, 4.69) is 10.1 Å². The quantitative estimate of drug-likeness (QED) is 0.436. The van der Waals surface area contributed by atoms with Crippen LogP contribution in [-0.2, 0) is 19.0 Å². The number of carbonyl (C=O) groups excluding carboxylic acids is 1. The van der Waals surface area contributed by atoms with Crippen molar-refractivity contribution in [2.45, 2.75) is 25.4 Å². The molecular weight excluding hydrogens is 468 g/mol. The molecule has 2 aliphatic rings. The van der Waals surface area contributed by atoms with Crippen molar-refractivity contribution in [3.63, 3.8) is 0 Å².